The molecule has 91 valence electrons. The van der Waals surface area contributed by atoms with Crippen LogP contribution in [0.5, 0.6) is 0 Å². The zero-order chi connectivity index (χ0) is 12.9. The molecular weight excluding hydrogens is 247 g/mol. The normalized spacial score (nSPS) is 10.9. The van der Waals surface area contributed by atoms with Gasteiger partial charge in [-0.25, -0.2) is 0 Å². The van der Waals surface area contributed by atoms with Crippen LogP contribution in [-0.2, 0) is 0 Å². The molecule has 0 fully saturated rings. The molecule has 0 N–H and O–H groups in total. The summed E-state index contributed by atoms with van der Waals surface area (Å²) in [5.41, 5.74) is 2.55. The van der Waals surface area contributed by atoms with Crippen molar-refractivity contribution in [3.8, 4) is 11.1 Å². The maximum atomic E-state index is 2.27. The van der Waals surface area contributed by atoms with Gasteiger partial charge in [0.2, 0.25) is 0 Å². The van der Waals surface area contributed by atoms with E-state index in [0.29, 0.717) is 0 Å². The van der Waals surface area contributed by atoms with Crippen molar-refractivity contribution in [1.29, 1.82) is 0 Å². The lowest BCUT2D eigenvalue weighted by molar-refractivity contribution is 1.64. The molecule has 0 aliphatic carbocycles. The smallest absolute Gasteiger partial charge is 0.0100 e. The van der Waals surface area contributed by atoms with Gasteiger partial charge < -0.3 is 0 Å². The molecular formula is C18H14P. The monoisotopic (exact) mass is 261 g/mol. The second kappa shape index (κ2) is 5.82. The molecule has 0 aromatic heterocycles. The van der Waals surface area contributed by atoms with Gasteiger partial charge >= 0.3 is 0 Å². The Morgan fingerprint density at radius 3 is 1.79 bits per heavy atom. The molecule has 0 nitrogen and oxygen atoms in total. The Balaban J connectivity index is 1.89. The molecule has 0 spiro atoms. The van der Waals surface area contributed by atoms with Crippen LogP contribution in [0.2, 0.25) is 0 Å². The zero-order valence-corrected chi connectivity index (χ0v) is 11.4. The minimum Gasteiger partial charge on any atom is -0.0622 e. The van der Waals surface area contributed by atoms with E-state index in [1.54, 1.807) is 0 Å². The summed E-state index contributed by atoms with van der Waals surface area (Å²) in [6.45, 7) is 0. The summed E-state index contributed by atoms with van der Waals surface area (Å²) in [5, 5.41) is 2.65. The van der Waals surface area contributed by atoms with Crippen LogP contribution in [0.4, 0.5) is 0 Å². The average Bonchev–Trinajstić information content (AvgIpc) is 2.49. The molecule has 1 heteroatoms. The number of hydrogen-bond donors (Lipinski definition) is 0. The van der Waals surface area contributed by atoms with Gasteiger partial charge in [0.15, 0.2) is 0 Å². The molecule has 3 rings (SSSR count). The van der Waals surface area contributed by atoms with Gasteiger partial charge in [0, 0.05) is 0 Å². The van der Waals surface area contributed by atoms with Gasteiger partial charge in [-0.15, -0.1) is 0 Å². The first-order valence-electron chi connectivity index (χ1n) is 6.34. The quantitative estimate of drug-likeness (QED) is 0.618. The first kappa shape index (κ1) is 12.1. The lowest BCUT2D eigenvalue weighted by Gasteiger charge is -2.05. The maximum absolute atomic E-state index is 2.27. The Morgan fingerprint density at radius 2 is 1.05 bits per heavy atom. The Hall–Kier alpha value is -1.91. The Kier molecular flexibility index (Phi) is 3.72. The van der Waals surface area contributed by atoms with E-state index in [9.17, 15) is 0 Å². The molecule has 3 aromatic rings. The molecule has 0 unspecified atom stereocenters. The number of benzene rings is 3. The molecule has 0 amide bonds. The highest BCUT2D eigenvalue weighted by Crippen LogP contribution is 2.20. The van der Waals surface area contributed by atoms with Gasteiger partial charge in [-0.3, -0.25) is 0 Å². The van der Waals surface area contributed by atoms with Crippen LogP contribution in [0.1, 0.15) is 0 Å². The lowest BCUT2D eigenvalue weighted by Crippen LogP contribution is -2.02. The highest BCUT2D eigenvalue weighted by molar-refractivity contribution is 7.55. The predicted octanol–water partition coefficient (Wildman–Crippen LogP) is 4.25. The summed E-state index contributed by atoms with van der Waals surface area (Å²) in [4.78, 5) is 0. The lowest BCUT2D eigenvalue weighted by atomic mass is 10.1. The molecule has 0 aliphatic rings. The van der Waals surface area contributed by atoms with E-state index < -0.39 is 0 Å². The first-order chi connectivity index (χ1) is 9.42. The van der Waals surface area contributed by atoms with Gasteiger partial charge in [0.1, 0.15) is 0 Å². The molecule has 3 aromatic carbocycles. The highest BCUT2D eigenvalue weighted by Gasteiger charge is 2.00. The third-order valence-electron chi connectivity index (χ3n) is 2.97. The Morgan fingerprint density at radius 1 is 0.474 bits per heavy atom. The summed E-state index contributed by atoms with van der Waals surface area (Å²) in [7, 11) is 1.26. The topological polar surface area (TPSA) is 0 Å². The van der Waals surface area contributed by atoms with Crippen molar-refractivity contribution < 1.29 is 0 Å². The van der Waals surface area contributed by atoms with Crippen LogP contribution >= 0.6 is 8.58 Å². The number of hydrogen-bond acceptors (Lipinski definition) is 0. The summed E-state index contributed by atoms with van der Waals surface area (Å²) in [6, 6.07) is 29.8. The van der Waals surface area contributed by atoms with Crippen molar-refractivity contribution >= 4 is 19.2 Å². The fraction of sp³-hybridized carbons (Fsp3) is 0. The third kappa shape index (κ3) is 3.10. The Labute approximate surface area is 115 Å². The van der Waals surface area contributed by atoms with Crippen LogP contribution in [0.3, 0.4) is 0 Å². The fourth-order valence-corrected chi connectivity index (χ4v) is 3.02. The second-order valence-corrected chi connectivity index (χ2v) is 5.62. The van der Waals surface area contributed by atoms with Crippen LogP contribution in [0.25, 0.3) is 11.1 Å². The fourth-order valence-electron chi connectivity index (χ4n) is 2.04. The molecule has 0 saturated heterocycles. The van der Waals surface area contributed by atoms with E-state index in [4.69, 9.17) is 0 Å². The van der Waals surface area contributed by atoms with Crippen LogP contribution in [-0.4, -0.2) is 0 Å². The first-order valence-corrected chi connectivity index (χ1v) is 7.23. The van der Waals surface area contributed by atoms with E-state index in [-0.39, 0.29) is 0 Å². The van der Waals surface area contributed by atoms with Crippen molar-refractivity contribution in [2.75, 3.05) is 0 Å². The summed E-state index contributed by atoms with van der Waals surface area (Å²) >= 11 is 0. The summed E-state index contributed by atoms with van der Waals surface area (Å²) < 4.78 is 0. The van der Waals surface area contributed by atoms with Gasteiger partial charge in [-0.2, -0.15) is 0 Å². The number of rotatable bonds is 3. The van der Waals surface area contributed by atoms with Crippen LogP contribution in [0, 0.1) is 0 Å². The van der Waals surface area contributed by atoms with Gasteiger partial charge in [0.25, 0.3) is 0 Å². The molecule has 0 aliphatic heterocycles. The third-order valence-corrected chi connectivity index (χ3v) is 4.06. The molecule has 1 radical (unpaired) electrons. The van der Waals surface area contributed by atoms with Crippen molar-refractivity contribution in [1.82, 2.24) is 0 Å². The van der Waals surface area contributed by atoms with Crippen molar-refractivity contribution in [2.45, 2.75) is 0 Å². The van der Waals surface area contributed by atoms with Gasteiger partial charge in [-0.05, 0) is 36.4 Å². The SMILES string of the molecule is c1ccc([P]c2cccc(-c3ccccc3)c2)cc1. The van der Waals surface area contributed by atoms with E-state index in [2.05, 4.69) is 84.9 Å². The van der Waals surface area contributed by atoms with E-state index in [1.807, 2.05) is 0 Å². The predicted molar refractivity (Wildman–Crippen MR) is 84.5 cm³/mol. The van der Waals surface area contributed by atoms with Crippen molar-refractivity contribution in [2.24, 2.45) is 0 Å². The van der Waals surface area contributed by atoms with Gasteiger partial charge in [-0.1, -0.05) is 78.9 Å². The van der Waals surface area contributed by atoms with E-state index in [1.165, 1.54) is 30.3 Å². The summed E-state index contributed by atoms with van der Waals surface area (Å²) in [6.07, 6.45) is 0. The molecule has 0 heterocycles. The molecule has 19 heavy (non-hydrogen) atoms. The minimum absolute atomic E-state index is 1.26. The zero-order valence-electron chi connectivity index (χ0n) is 10.5. The van der Waals surface area contributed by atoms with E-state index >= 15 is 0 Å². The minimum atomic E-state index is 1.26. The Bertz CT molecular complexity index is 645. The standard InChI is InChI=1S/C18H14P/c1-3-8-15(9-4-1)16-10-7-13-18(14-16)19-17-11-5-2-6-12-17/h1-14H. The largest absolute Gasteiger partial charge is 0.0622 e. The van der Waals surface area contributed by atoms with Crippen molar-refractivity contribution in [3.05, 3.63) is 84.9 Å². The van der Waals surface area contributed by atoms with Gasteiger partial charge in [0.05, 0.1) is 0 Å². The van der Waals surface area contributed by atoms with E-state index in [0.717, 1.165) is 0 Å². The maximum Gasteiger partial charge on any atom is -0.0100 e. The highest BCUT2D eigenvalue weighted by atomic mass is 31.1. The van der Waals surface area contributed by atoms with Crippen LogP contribution in [0.15, 0.2) is 84.9 Å². The van der Waals surface area contributed by atoms with Crippen molar-refractivity contribution in [3.63, 3.8) is 0 Å². The molecule has 0 atom stereocenters. The summed E-state index contributed by atoms with van der Waals surface area (Å²) in [5.74, 6) is 0. The molecule has 0 saturated carbocycles. The second-order valence-electron chi connectivity index (χ2n) is 4.36. The van der Waals surface area contributed by atoms with Crippen LogP contribution < -0.4 is 10.6 Å². The molecule has 0 bridgehead atoms. The average molecular weight is 261 g/mol.